The van der Waals surface area contributed by atoms with E-state index in [1.54, 1.807) is 36.5 Å². The molecule has 2 aromatic heterocycles. The van der Waals surface area contributed by atoms with E-state index in [2.05, 4.69) is 25.6 Å². The summed E-state index contributed by atoms with van der Waals surface area (Å²) in [5.41, 5.74) is 1.26. The van der Waals surface area contributed by atoms with E-state index in [1.165, 1.54) is 13.1 Å². The summed E-state index contributed by atoms with van der Waals surface area (Å²) >= 11 is 0. The topological polar surface area (TPSA) is 100 Å². The van der Waals surface area contributed by atoms with Crippen molar-refractivity contribution in [2.75, 3.05) is 24.2 Å². The molecule has 0 bridgehead atoms. The molecule has 0 aromatic carbocycles. The summed E-state index contributed by atoms with van der Waals surface area (Å²) in [6, 6.07) is 3.14. The molecule has 1 atom stereocenters. The molecule has 1 aliphatic heterocycles. The zero-order valence-electron chi connectivity index (χ0n) is 14.2. The van der Waals surface area contributed by atoms with Gasteiger partial charge in [0.05, 0.1) is 24.1 Å². The van der Waals surface area contributed by atoms with Gasteiger partial charge < -0.3 is 15.5 Å². The summed E-state index contributed by atoms with van der Waals surface area (Å²) in [4.78, 5) is 38.7. The second-order valence-electron chi connectivity index (χ2n) is 5.85. The van der Waals surface area contributed by atoms with Crippen molar-refractivity contribution in [1.29, 1.82) is 0 Å². The Morgan fingerprint density at radius 3 is 2.88 bits per heavy atom. The van der Waals surface area contributed by atoms with Gasteiger partial charge in [0.25, 0.3) is 5.91 Å². The van der Waals surface area contributed by atoms with E-state index in [4.69, 9.17) is 0 Å². The van der Waals surface area contributed by atoms with Crippen LogP contribution in [0, 0.1) is 0 Å². The Kier molecular flexibility index (Phi) is 4.87. The molecule has 0 aliphatic carbocycles. The normalized spacial score (nSPS) is 16.6. The summed E-state index contributed by atoms with van der Waals surface area (Å²) in [5, 5.41) is 5.56. The molecule has 2 aromatic rings. The summed E-state index contributed by atoms with van der Waals surface area (Å²) in [7, 11) is 1.78. The lowest BCUT2D eigenvalue weighted by atomic mass is 10.1. The molecular weight excluding hydrogens is 320 g/mol. The number of nitrogens with one attached hydrogen (secondary N) is 2. The van der Waals surface area contributed by atoms with Crippen LogP contribution in [0.25, 0.3) is 0 Å². The lowest BCUT2D eigenvalue weighted by Crippen LogP contribution is -2.31. The first-order valence-electron chi connectivity index (χ1n) is 8.13. The average molecular weight is 340 g/mol. The van der Waals surface area contributed by atoms with Gasteiger partial charge in [-0.3, -0.25) is 14.6 Å². The molecule has 3 heterocycles. The molecule has 0 saturated carbocycles. The number of hydrogen-bond donors (Lipinski definition) is 2. The predicted octanol–water partition coefficient (Wildman–Crippen LogP) is 1.85. The number of carbonyl (C=O) groups excluding carboxylic acids is 2. The Morgan fingerprint density at radius 1 is 1.28 bits per heavy atom. The van der Waals surface area contributed by atoms with Crippen LogP contribution in [0.4, 0.5) is 11.6 Å². The molecule has 1 saturated heterocycles. The van der Waals surface area contributed by atoms with E-state index in [9.17, 15) is 9.59 Å². The highest BCUT2D eigenvalue weighted by Crippen LogP contribution is 2.32. The first kappa shape index (κ1) is 16.8. The van der Waals surface area contributed by atoms with Crippen LogP contribution in [0.15, 0.2) is 30.7 Å². The highest BCUT2D eigenvalue weighted by molar-refractivity contribution is 5.96. The third-order valence-electron chi connectivity index (χ3n) is 4.08. The van der Waals surface area contributed by atoms with Crippen LogP contribution >= 0.6 is 0 Å². The van der Waals surface area contributed by atoms with Crippen molar-refractivity contribution in [3.05, 3.63) is 42.0 Å². The minimum atomic E-state index is -0.227. The van der Waals surface area contributed by atoms with Crippen molar-refractivity contribution in [3.63, 3.8) is 0 Å². The minimum Gasteiger partial charge on any atom is -0.372 e. The van der Waals surface area contributed by atoms with E-state index in [1.807, 2.05) is 0 Å². The van der Waals surface area contributed by atoms with E-state index < -0.39 is 0 Å². The van der Waals surface area contributed by atoms with Crippen molar-refractivity contribution in [2.24, 2.45) is 0 Å². The number of pyridine rings is 1. The van der Waals surface area contributed by atoms with E-state index in [0.29, 0.717) is 23.7 Å². The Morgan fingerprint density at radius 2 is 2.12 bits per heavy atom. The molecule has 1 aliphatic rings. The Labute approximate surface area is 145 Å². The van der Waals surface area contributed by atoms with Gasteiger partial charge in [0.15, 0.2) is 0 Å². The zero-order valence-corrected chi connectivity index (χ0v) is 14.2. The summed E-state index contributed by atoms with van der Waals surface area (Å²) in [6.45, 7) is 2.06. The lowest BCUT2D eigenvalue weighted by molar-refractivity contribution is -0.114. The Bertz CT molecular complexity index is 794. The third kappa shape index (κ3) is 3.73. The van der Waals surface area contributed by atoms with Crippen molar-refractivity contribution >= 4 is 23.5 Å². The zero-order chi connectivity index (χ0) is 17.8. The van der Waals surface area contributed by atoms with Gasteiger partial charge in [0.1, 0.15) is 11.6 Å². The van der Waals surface area contributed by atoms with Gasteiger partial charge >= 0.3 is 0 Å². The Hall–Kier alpha value is -3.03. The first-order chi connectivity index (χ1) is 12.1. The molecule has 0 radical (unpaired) electrons. The van der Waals surface area contributed by atoms with Crippen molar-refractivity contribution in [3.8, 4) is 0 Å². The van der Waals surface area contributed by atoms with Gasteiger partial charge in [-0.2, -0.15) is 0 Å². The molecule has 130 valence electrons. The highest BCUT2D eigenvalue weighted by Gasteiger charge is 2.32. The Balaban J connectivity index is 1.84. The first-order valence-corrected chi connectivity index (χ1v) is 8.13. The quantitative estimate of drug-likeness (QED) is 0.881. The maximum Gasteiger partial charge on any atom is 0.254 e. The molecule has 3 rings (SSSR count). The second-order valence-corrected chi connectivity index (χ2v) is 5.85. The van der Waals surface area contributed by atoms with Gasteiger partial charge in [0.2, 0.25) is 5.91 Å². The van der Waals surface area contributed by atoms with Gasteiger partial charge in [-0.25, -0.2) is 9.97 Å². The van der Waals surface area contributed by atoms with Gasteiger partial charge in [-0.05, 0) is 25.0 Å². The van der Waals surface area contributed by atoms with Crippen molar-refractivity contribution in [2.45, 2.75) is 25.8 Å². The molecule has 2 N–H and O–H groups in total. The number of rotatable bonds is 4. The monoisotopic (exact) mass is 340 g/mol. The van der Waals surface area contributed by atoms with Crippen LogP contribution in [0.1, 0.15) is 41.9 Å². The largest absolute Gasteiger partial charge is 0.372 e. The molecule has 0 spiro atoms. The van der Waals surface area contributed by atoms with E-state index in [0.717, 1.165) is 18.5 Å². The van der Waals surface area contributed by atoms with Gasteiger partial charge in [-0.15, -0.1) is 0 Å². The molecule has 25 heavy (non-hydrogen) atoms. The van der Waals surface area contributed by atoms with Crippen LogP contribution in [-0.2, 0) is 4.79 Å². The fraction of sp³-hybridized carbons (Fsp3) is 0.353. The summed E-state index contributed by atoms with van der Waals surface area (Å²) in [6.07, 6.45) is 6.62. The maximum absolute atomic E-state index is 12.9. The molecular formula is C17H20N6O2. The smallest absolute Gasteiger partial charge is 0.254 e. The van der Waals surface area contributed by atoms with Crippen LogP contribution < -0.4 is 10.6 Å². The van der Waals surface area contributed by atoms with E-state index >= 15 is 0 Å². The molecule has 8 nitrogen and oxygen atoms in total. The average Bonchev–Trinajstić information content (AvgIpc) is 3.10. The second kappa shape index (κ2) is 7.25. The standard InChI is InChI=1S/C17H20N6O2/c1-11(24)21-15-8-12(5-6-20-15)17(25)23-7-3-4-14(23)13-9-19-10-16(18-2)22-13/h5-6,8-10,14H,3-4,7H2,1-2H3,(H,18,22)(H,20,21,24)/t14-/m0/s1. The number of anilines is 2. The van der Waals surface area contributed by atoms with Crippen molar-refractivity contribution < 1.29 is 9.59 Å². The van der Waals surface area contributed by atoms with Crippen molar-refractivity contribution in [1.82, 2.24) is 19.9 Å². The number of amides is 2. The minimum absolute atomic E-state index is 0.104. The van der Waals surface area contributed by atoms with Crippen LogP contribution in [0.5, 0.6) is 0 Å². The van der Waals surface area contributed by atoms with Crippen LogP contribution in [-0.4, -0.2) is 45.3 Å². The van der Waals surface area contributed by atoms with E-state index in [-0.39, 0.29) is 17.9 Å². The lowest BCUT2D eigenvalue weighted by Gasteiger charge is -2.24. The SMILES string of the molecule is CNc1cncc([C@@H]2CCCN2C(=O)c2ccnc(NC(C)=O)c2)n1. The molecule has 2 amide bonds. The number of hydrogen-bond acceptors (Lipinski definition) is 6. The fourth-order valence-corrected chi connectivity index (χ4v) is 2.96. The highest BCUT2D eigenvalue weighted by atomic mass is 16.2. The third-order valence-corrected chi connectivity index (χ3v) is 4.08. The number of nitrogens with zero attached hydrogens (tertiary/aromatic N) is 4. The van der Waals surface area contributed by atoms with Gasteiger partial charge in [0, 0.05) is 32.3 Å². The predicted molar refractivity (Wildman–Crippen MR) is 93.1 cm³/mol. The van der Waals surface area contributed by atoms with Gasteiger partial charge in [-0.1, -0.05) is 0 Å². The fourth-order valence-electron chi connectivity index (χ4n) is 2.96. The molecule has 1 fully saturated rings. The summed E-state index contributed by atoms with van der Waals surface area (Å²) < 4.78 is 0. The number of likely N-dealkylation sites (tertiary alicyclic amines) is 1. The maximum atomic E-state index is 12.9. The summed E-state index contributed by atoms with van der Waals surface area (Å²) in [5.74, 6) is 0.711. The number of carbonyl (C=O) groups is 2. The molecule has 0 unspecified atom stereocenters. The van der Waals surface area contributed by atoms with Crippen LogP contribution in [0.3, 0.4) is 0 Å². The van der Waals surface area contributed by atoms with Crippen LogP contribution in [0.2, 0.25) is 0 Å². The number of aromatic nitrogens is 3. The molecule has 8 heteroatoms.